The Kier molecular flexibility index (Phi) is 5.35. The van der Waals surface area contributed by atoms with Crippen molar-refractivity contribution in [1.82, 2.24) is 15.5 Å². The van der Waals surface area contributed by atoms with Crippen LogP contribution in [0.2, 0.25) is 0 Å². The van der Waals surface area contributed by atoms with Crippen molar-refractivity contribution in [2.75, 3.05) is 14.2 Å². The van der Waals surface area contributed by atoms with Gasteiger partial charge in [0.2, 0.25) is 11.8 Å². The van der Waals surface area contributed by atoms with Gasteiger partial charge in [0.25, 0.3) is 0 Å². The fourth-order valence-corrected chi connectivity index (χ4v) is 2.08. The fourth-order valence-electron chi connectivity index (χ4n) is 2.08. The van der Waals surface area contributed by atoms with E-state index in [2.05, 4.69) is 15.5 Å². The van der Waals surface area contributed by atoms with Crippen LogP contribution in [0.4, 0.5) is 0 Å². The summed E-state index contributed by atoms with van der Waals surface area (Å²) in [6, 6.07) is 5.61. The second-order valence-corrected chi connectivity index (χ2v) is 4.66. The maximum absolute atomic E-state index is 11.9. The first-order valence-electron chi connectivity index (χ1n) is 6.89. The Bertz CT molecular complexity index is 639. The van der Waals surface area contributed by atoms with Gasteiger partial charge in [0.15, 0.2) is 17.3 Å². The summed E-state index contributed by atoms with van der Waals surface area (Å²) in [5, 5.41) is 6.47. The predicted molar refractivity (Wildman–Crippen MR) is 78.7 cm³/mol. The smallest absolute Gasteiger partial charge is 0.223 e. The minimum Gasteiger partial charge on any atom is -0.493 e. The van der Waals surface area contributed by atoms with E-state index in [-0.39, 0.29) is 12.5 Å². The third-order valence-corrected chi connectivity index (χ3v) is 3.12. The average molecular weight is 305 g/mol. The molecule has 0 saturated carbocycles. The third-order valence-electron chi connectivity index (χ3n) is 3.12. The summed E-state index contributed by atoms with van der Waals surface area (Å²) in [7, 11) is 3.17. The molecule has 2 rings (SSSR count). The van der Waals surface area contributed by atoms with E-state index < -0.39 is 0 Å². The van der Waals surface area contributed by atoms with Crippen LogP contribution in [0.1, 0.15) is 23.7 Å². The second-order valence-electron chi connectivity index (χ2n) is 4.66. The van der Waals surface area contributed by atoms with Gasteiger partial charge in [0.05, 0.1) is 20.8 Å². The average Bonchev–Trinajstić information content (AvgIpc) is 2.95. The fraction of sp³-hybridized carbons (Fsp3) is 0.400. The van der Waals surface area contributed by atoms with Crippen molar-refractivity contribution in [2.24, 2.45) is 0 Å². The highest BCUT2D eigenvalue weighted by Gasteiger charge is 2.11. The van der Waals surface area contributed by atoms with Crippen molar-refractivity contribution in [2.45, 2.75) is 26.3 Å². The number of aryl methyl sites for hydroxylation is 2. The van der Waals surface area contributed by atoms with Crippen LogP contribution in [-0.4, -0.2) is 30.3 Å². The van der Waals surface area contributed by atoms with Crippen LogP contribution in [-0.2, 0) is 17.8 Å². The van der Waals surface area contributed by atoms with Crippen LogP contribution in [0, 0.1) is 6.92 Å². The van der Waals surface area contributed by atoms with E-state index in [1.807, 2.05) is 18.2 Å². The van der Waals surface area contributed by atoms with Gasteiger partial charge in [-0.1, -0.05) is 17.3 Å². The summed E-state index contributed by atoms with van der Waals surface area (Å²) >= 11 is 0. The van der Waals surface area contributed by atoms with Gasteiger partial charge in [-0.15, -0.1) is 0 Å². The van der Waals surface area contributed by atoms with Crippen LogP contribution in [0.25, 0.3) is 0 Å². The quantitative estimate of drug-likeness (QED) is 0.837. The monoisotopic (exact) mass is 305 g/mol. The van der Waals surface area contributed by atoms with E-state index in [9.17, 15) is 4.79 Å². The summed E-state index contributed by atoms with van der Waals surface area (Å²) in [6.07, 6.45) is 0.887. The van der Waals surface area contributed by atoms with E-state index in [1.54, 1.807) is 21.1 Å². The molecule has 1 aromatic heterocycles. The summed E-state index contributed by atoms with van der Waals surface area (Å²) < 4.78 is 15.4. The Hall–Kier alpha value is -2.57. The number of nitrogens with one attached hydrogen (secondary N) is 1. The summed E-state index contributed by atoms with van der Waals surface area (Å²) in [5.41, 5.74) is 0.924. The lowest BCUT2D eigenvalue weighted by molar-refractivity contribution is -0.121. The van der Waals surface area contributed by atoms with E-state index in [0.29, 0.717) is 36.1 Å². The van der Waals surface area contributed by atoms with Gasteiger partial charge in [-0.2, -0.15) is 4.98 Å². The zero-order chi connectivity index (χ0) is 15.9. The van der Waals surface area contributed by atoms with Crippen LogP contribution >= 0.6 is 0 Å². The largest absolute Gasteiger partial charge is 0.493 e. The third kappa shape index (κ3) is 3.97. The number of nitrogens with zero attached hydrogens (tertiary/aromatic N) is 2. The first-order valence-corrected chi connectivity index (χ1v) is 6.89. The van der Waals surface area contributed by atoms with Crippen LogP contribution in [0.5, 0.6) is 11.5 Å². The molecule has 1 heterocycles. The highest BCUT2D eigenvalue weighted by molar-refractivity contribution is 5.76. The number of ether oxygens (including phenoxy) is 2. The maximum Gasteiger partial charge on any atom is 0.223 e. The molecule has 1 aromatic carbocycles. The normalized spacial score (nSPS) is 10.3. The molecular weight excluding hydrogens is 286 g/mol. The number of rotatable bonds is 7. The van der Waals surface area contributed by atoms with Crippen LogP contribution in [0.3, 0.4) is 0 Å². The van der Waals surface area contributed by atoms with Gasteiger partial charge in [-0.25, -0.2) is 0 Å². The van der Waals surface area contributed by atoms with E-state index >= 15 is 0 Å². The maximum atomic E-state index is 11.9. The van der Waals surface area contributed by atoms with Crippen molar-refractivity contribution < 1.29 is 18.8 Å². The van der Waals surface area contributed by atoms with Crippen molar-refractivity contribution in [1.29, 1.82) is 0 Å². The molecule has 0 fully saturated rings. The van der Waals surface area contributed by atoms with Crippen molar-refractivity contribution in [3.63, 3.8) is 0 Å². The molecule has 1 N–H and O–H groups in total. The standard InChI is InChI=1S/C15H19N3O4/c1-10-17-13(18-22-10)9-16-14(19)8-7-11-5-4-6-12(20-2)15(11)21-3/h4-6H,7-9H2,1-3H3,(H,16,19). The number of hydrogen-bond acceptors (Lipinski definition) is 6. The molecule has 7 nitrogen and oxygen atoms in total. The lowest BCUT2D eigenvalue weighted by Crippen LogP contribution is -2.23. The Morgan fingerprint density at radius 3 is 2.77 bits per heavy atom. The Morgan fingerprint density at radius 1 is 1.32 bits per heavy atom. The van der Waals surface area contributed by atoms with Gasteiger partial charge < -0.3 is 19.3 Å². The van der Waals surface area contributed by atoms with Gasteiger partial charge in [0.1, 0.15) is 0 Å². The van der Waals surface area contributed by atoms with Gasteiger partial charge in [-0.3, -0.25) is 4.79 Å². The summed E-state index contributed by atoms with van der Waals surface area (Å²) in [5.74, 6) is 2.16. The lowest BCUT2D eigenvalue weighted by Gasteiger charge is -2.12. The number of amides is 1. The number of carbonyl (C=O) groups excluding carboxylic acids is 1. The molecule has 2 aromatic rings. The topological polar surface area (TPSA) is 86.5 Å². The number of benzene rings is 1. The number of carbonyl (C=O) groups is 1. The number of methoxy groups -OCH3 is 2. The molecule has 0 spiro atoms. The molecule has 118 valence electrons. The van der Waals surface area contributed by atoms with E-state index in [0.717, 1.165) is 5.56 Å². The van der Waals surface area contributed by atoms with Crippen molar-refractivity contribution in [3.8, 4) is 11.5 Å². The molecule has 0 unspecified atom stereocenters. The molecule has 0 saturated heterocycles. The molecule has 7 heteroatoms. The van der Waals surface area contributed by atoms with E-state index in [1.165, 1.54) is 0 Å². The number of hydrogen-bond donors (Lipinski definition) is 1. The molecule has 0 aliphatic heterocycles. The van der Waals surface area contributed by atoms with Crippen molar-refractivity contribution in [3.05, 3.63) is 35.5 Å². The van der Waals surface area contributed by atoms with Gasteiger partial charge >= 0.3 is 0 Å². The van der Waals surface area contributed by atoms with Gasteiger partial charge in [-0.05, 0) is 18.1 Å². The molecular formula is C15H19N3O4. The Morgan fingerprint density at radius 2 is 2.14 bits per heavy atom. The first kappa shape index (κ1) is 15.8. The molecule has 0 radical (unpaired) electrons. The lowest BCUT2D eigenvalue weighted by atomic mass is 10.1. The van der Waals surface area contributed by atoms with Crippen LogP contribution in [0.15, 0.2) is 22.7 Å². The number of aromatic nitrogens is 2. The van der Waals surface area contributed by atoms with Gasteiger partial charge in [0, 0.05) is 13.3 Å². The minimum atomic E-state index is -0.0904. The summed E-state index contributed by atoms with van der Waals surface area (Å²) in [6.45, 7) is 1.96. The first-order chi connectivity index (χ1) is 10.6. The van der Waals surface area contributed by atoms with E-state index in [4.69, 9.17) is 14.0 Å². The summed E-state index contributed by atoms with van der Waals surface area (Å²) in [4.78, 5) is 15.9. The molecule has 22 heavy (non-hydrogen) atoms. The molecule has 0 bridgehead atoms. The SMILES string of the molecule is COc1cccc(CCC(=O)NCc2noc(C)n2)c1OC. The zero-order valence-corrected chi connectivity index (χ0v) is 12.9. The Labute approximate surface area is 128 Å². The molecule has 0 aliphatic carbocycles. The second kappa shape index (κ2) is 7.44. The molecule has 0 aliphatic rings. The highest BCUT2D eigenvalue weighted by Crippen LogP contribution is 2.31. The van der Waals surface area contributed by atoms with Crippen molar-refractivity contribution >= 4 is 5.91 Å². The molecule has 1 amide bonds. The zero-order valence-electron chi connectivity index (χ0n) is 12.9. The Balaban J connectivity index is 1.88. The highest BCUT2D eigenvalue weighted by atomic mass is 16.5. The molecule has 0 atom stereocenters. The minimum absolute atomic E-state index is 0.0904. The number of para-hydroxylation sites is 1. The predicted octanol–water partition coefficient (Wildman–Crippen LogP) is 1.64. The van der Waals surface area contributed by atoms with Crippen LogP contribution < -0.4 is 14.8 Å².